The summed E-state index contributed by atoms with van der Waals surface area (Å²) in [5.74, 6) is 0. The zero-order valence-electron chi connectivity index (χ0n) is 12.8. The van der Waals surface area contributed by atoms with E-state index in [1.54, 1.807) is 0 Å². The molecule has 0 radical (unpaired) electrons. The van der Waals surface area contributed by atoms with Crippen molar-refractivity contribution in [2.45, 2.75) is 38.9 Å². The predicted molar refractivity (Wildman–Crippen MR) is 87.3 cm³/mol. The number of hydrogen-bond acceptors (Lipinski definition) is 3. The van der Waals surface area contributed by atoms with E-state index in [-0.39, 0.29) is 0 Å². The lowest BCUT2D eigenvalue weighted by Gasteiger charge is -2.21. The molecule has 110 valence electrons. The molecule has 0 amide bonds. The molecule has 1 aliphatic heterocycles. The SMILES string of the molecule is Cc1ccc(NC2CC(C)N(Cc3ccccc3)C2)cn1. The van der Waals surface area contributed by atoms with E-state index in [0.717, 1.165) is 24.5 Å². The van der Waals surface area contributed by atoms with Gasteiger partial charge in [-0.15, -0.1) is 0 Å². The highest BCUT2D eigenvalue weighted by Crippen LogP contribution is 2.23. The zero-order valence-corrected chi connectivity index (χ0v) is 12.8. The summed E-state index contributed by atoms with van der Waals surface area (Å²) in [5, 5.41) is 3.61. The van der Waals surface area contributed by atoms with Gasteiger partial charge in [-0.1, -0.05) is 30.3 Å². The number of nitrogens with zero attached hydrogens (tertiary/aromatic N) is 2. The topological polar surface area (TPSA) is 28.2 Å². The van der Waals surface area contributed by atoms with Crippen molar-refractivity contribution in [1.29, 1.82) is 0 Å². The Labute approximate surface area is 127 Å². The number of likely N-dealkylation sites (tertiary alicyclic amines) is 1. The third-order valence-electron chi connectivity index (χ3n) is 4.21. The Balaban J connectivity index is 1.59. The van der Waals surface area contributed by atoms with E-state index >= 15 is 0 Å². The van der Waals surface area contributed by atoms with E-state index in [9.17, 15) is 0 Å². The van der Waals surface area contributed by atoms with E-state index in [2.05, 4.69) is 64.6 Å². The molecule has 0 aliphatic carbocycles. The number of nitrogens with one attached hydrogen (secondary N) is 1. The predicted octanol–water partition coefficient (Wildman–Crippen LogP) is 3.46. The summed E-state index contributed by atoms with van der Waals surface area (Å²) >= 11 is 0. The molecule has 2 unspecified atom stereocenters. The van der Waals surface area contributed by atoms with Crippen LogP contribution in [0.25, 0.3) is 0 Å². The molecule has 1 fully saturated rings. The summed E-state index contributed by atoms with van der Waals surface area (Å²) in [5.41, 5.74) is 3.58. The van der Waals surface area contributed by atoms with Gasteiger partial charge in [-0.2, -0.15) is 0 Å². The monoisotopic (exact) mass is 281 g/mol. The number of aromatic nitrogens is 1. The van der Waals surface area contributed by atoms with Crippen molar-refractivity contribution in [3.05, 3.63) is 59.9 Å². The van der Waals surface area contributed by atoms with Gasteiger partial charge in [-0.05, 0) is 38.0 Å². The van der Waals surface area contributed by atoms with Gasteiger partial charge in [0, 0.05) is 30.9 Å². The molecule has 3 heteroatoms. The maximum atomic E-state index is 4.35. The number of hydrogen-bond donors (Lipinski definition) is 1. The van der Waals surface area contributed by atoms with Gasteiger partial charge in [0.2, 0.25) is 0 Å². The van der Waals surface area contributed by atoms with Gasteiger partial charge in [-0.25, -0.2) is 0 Å². The highest BCUT2D eigenvalue weighted by molar-refractivity contribution is 5.42. The average molecular weight is 281 g/mol. The molecule has 1 aromatic heterocycles. The minimum Gasteiger partial charge on any atom is -0.380 e. The molecule has 0 spiro atoms. The van der Waals surface area contributed by atoms with Crippen molar-refractivity contribution in [3.8, 4) is 0 Å². The zero-order chi connectivity index (χ0) is 14.7. The van der Waals surface area contributed by atoms with Crippen LogP contribution in [-0.4, -0.2) is 28.5 Å². The second-order valence-corrected chi connectivity index (χ2v) is 6.03. The molecule has 1 aromatic carbocycles. The maximum Gasteiger partial charge on any atom is 0.0529 e. The van der Waals surface area contributed by atoms with Gasteiger partial charge < -0.3 is 5.32 Å². The molecule has 3 rings (SSSR count). The highest BCUT2D eigenvalue weighted by Gasteiger charge is 2.28. The van der Waals surface area contributed by atoms with Crippen LogP contribution in [0.1, 0.15) is 24.6 Å². The molecule has 1 aliphatic rings. The van der Waals surface area contributed by atoms with Crippen LogP contribution in [0, 0.1) is 6.92 Å². The van der Waals surface area contributed by atoms with Crippen molar-refractivity contribution in [3.63, 3.8) is 0 Å². The van der Waals surface area contributed by atoms with Crippen LogP contribution in [0.3, 0.4) is 0 Å². The Bertz CT molecular complexity index is 565. The molecule has 0 bridgehead atoms. The van der Waals surface area contributed by atoms with Crippen molar-refractivity contribution >= 4 is 5.69 Å². The highest BCUT2D eigenvalue weighted by atomic mass is 15.2. The first-order valence-corrected chi connectivity index (χ1v) is 7.68. The van der Waals surface area contributed by atoms with Crippen molar-refractivity contribution < 1.29 is 0 Å². The van der Waals surface area contributed by atoms with Gasteiger partial charge in [0.05, 0.1) is 11.9 Å². The quantitative estimate of drug-likeness (QED) is 0.930. The summed E-state index contributed by atoms with van der Waals surface area (Å²) in [6.45, 7) is 6.46. The molecule has 2 atom stereocenters. The lowest BCUT2D eigenvalue weighted by molar-refractivity contribution is 0.259. The smallest absolute Gasteiger partial charge is 0.0529 e. The molecular formula is C18H23N3. The third-order valence-corrected chi connectivity index (χ3v) is 4.21. The second-order valence-electron chi connectivity index (χ2n) is 6.03. The van der Waals surface area contributed by atoms with E-state index in [4.69, 9.17) is 0 Å². The number of rotatable bonds is 4. The Morgan fingerprint density at radius 3 is 2.71 bits per heavy atom. The van der Waals surface area contributed by atoms with Crippen LogP contribution in [0.15, 0.2) is 48.7 Å². The number of benzene rings is 1. The van der Waals surface area contributed by atoms with Crippen molar-refractivity contribution in [1.82, 2.24) is 9.88 Å². The fourth-order valence-electron chi connectivity index (χ4n) is 3.03. The molecule has 3 nitrogen and oxygen atoms in total. The standard InChI is InChI=1S/C18H23N3/c1-14-8-9-17(11-19-14)20-18-10-15(2)21(13-18)12-16-6-4-3-5-7-16/h3-9,11,15,18,20H,10,12-13H2,1-2H3. The lowest BCUT2D eigenvalue weighted by Crippen LogP contribution is -2.28. The van der Waals surface area contributed by atoms with Gasteiger partial charge in [0.25, 0.3) is 0 Å². The van der Waals surface area contributed by atoms with E-state index in [1.165, 1.54) is 12.0 Å². The van der Waals surface area contributed by atoms with Gasteiger partial charge in [-0.3, -0.25) is 9.88 Å². The van der Waals surface area contributed by atoms with Crippen LogP contribution in [0.2, 0.25) is 0 Å². The minimum atomic E-state index is 0.508. The largest absolute Gasteiger partial charge is 0.380 e. The van der Waals surface area contributed by atoms with Crippen molar-refractivity contribution in [2.24, 2.45) is 0 Å². The molecular weight excluding hydrogens is 258 g/mol. The summed E-state index contributed by atoms with van der Waals surface area (Å²) in [7, 11) is 0. The van der Waals surface area contributed by atoms with Crippen molar-refractivity contribution in [2.75, 3.05) is 11.9 Å². The summed E-state index contributed by atoms with van der Waals surface area (Å²) in [6.07, 6.45) is 3.11. The second kappa shape index (κ2) is 6.27. The number of anilines is 1. The van der Waals surface area contributed by atoms with Crippen LogP contribution in [0.4, 0.5) is 5.69 Å². The molecule has 2 heterocycles. The first-order chi connectivity index (χ1) is 10.2. The summed E-state index contributed by atoms with van der Waals surface area (Å²) in [6, 6.07) is 16.0. The third kappa shape index (κ3) is 3.61. The van der Waals surface area contributed by atoms with E-state index in [0.29, 0.717) is 12.1 Å². The van der Waals surface area contributed by atoms with Gasteiger partial charge in [0.15, 0.2) is 0 Å². The Morgan fingerprint density at radius 1 is 1.19 bits per heavy atom. The Kier molecular flexibility index (Phi) is 4.20. The Morgan fingerprint density at radius 2 is 2.00 bits per heavy atom. The molecule has 0 saturated carbocycles. The Hall–Kier alpha value is -1.87. The average Bonchev–Trinajstić information content (AvgIpc) is 2.82. The fraction of sp³-hybridized carbons (Fsp3) is 0.389. The first kappa shape index (κ1) is 14.1. The summed E-state index contributed by atoms with van der Waals surface area (Å²) < 4.78 is 0. The van der Waals surface area contributed by atoms with E-state index in [1.807, 2.05) is 13.1 Å². The molecule has 21 heavy (non-hydrogen) atoms. The lowest BCUT2D eigenvalue weighted by atomic mass is 10.2. The molecule has 1 saturated heterocycles. The van der Waals surface area contributed by atoms with Crippen LogP contribution < -0.4 is 5.32 Å². The maximum absolute atomic E-state index is 4.35. The van der Waals surface area contributed by atoms with Crippen LogP contribution in [-0.2, 0) is 6.54 Å². The van der Waals surface area contributed by atoms with E-state index < -0.39 is 0 Å². The fourth-order valence-corrected chi connectivity index (χ4v) is 3.03. The minimum absolute atomic E-state index is 0.508. The first-order valence-electron chi connectivity index (χ1n) is 7.68. The summed E-state index contributed by atoms with van der Waals surface area (Å²) in [4.78, 5) is 6.90. The normalized spacial score (nSPS) is 22.4. The molecule has 2 aromatic rings. The number of aryl methyl sites for hydroxylation is 1. The number of pyridine rings is 1. The van der Waals surface area contributed by atoms with Gasteiger partial charge in [0.1, 0.15) is 0 Å². The van der Waals surface area contributed by atoms with Crippen LogP contribution >= 0.6 is 0 Å². The van der Waals surface area contributed by atoms with Crippen LogP contribution in [0.5, 0.6) is 0 Å². The van der Waals surface area contributed by atoms with Gasteiger partial charge >= 0.3 is 0 Å². The molecule has 1 N–H and O–H groups in total.